The molecule has 0 aliphatic heterocycles. The van der Waals surface area contributed by atoms with Crippen LogP contribution >= 0.6 is 23.1 Å². The molecule has 3 aromatic rings. The van der Waals surface area contributed by atoms with Crippen molar-refractivity contribution in [3.8, 4) is 0 Å². The van der Waals surface area contributed by atoms with Crippen molar-refractivity contribution >= 4 is 40.1 Å². The second-order valence-electron chi connectivity index (χ2n) is 3.55. The molecule has 18 heavy (non-hydrogen) atoms. The maximum Gasteiger partial charge on any atom is 0.225 e. The molecule has 0 atom stereocenters. The first kappa shape index (κ1) is 11.5. The van der Waals surface area contributed by atoms with Gasteiger partial charge in [0.1, 0.15) is 5.03 Å². The number of anilines is 1. The minimum Gasteiger partial charge on any atom is -0.354 e. The highest BCUT2D eigenvalue weighted by Gasteiger charge is 2.10. The lowest BCUT2D eigenvalue weighted by atomic mass is 10.4. The molecule has 0 bridgehead atoms. The van der Waals surface area contributed by atoms with E-state index in [1.54, 1.807) is 29.3 Å². The largest absolute Gasteiger partial charge is 0.354 e. The van der Waals surface area contributed by atoms with E-state index in [-0.39, 0.29) is 0 Å². The average molecular weight is 277 g/mol. The summed E-state index contributed by atoms with van der Waals surface area (Å²) >= 11 is 3.34. The topological polar surface area (TPSA) is 66.5 Å². The summed E-state index contributed by atoms with van der Waals surface area (Å²) in [5.41, 5.74) is 0.764. The van der Waals surface area contributed by atoms with Gasteiger partial charge in [0.15, 0.2) is 5.65 Å². The van der Waals surface area contributed by atoms with E-state index in [0.29, 0.717) is 5.95 Å². The minimum absolute atomic E-state index is 0.633. The van der Waals surface area contributed by atoms with E-state index in [4.69, 9.17) is 0 Å². The van der Waals surface area contributed by atoms with Gasteiger partial charge in [0, 0.05) is 6.54 Å². The zero-order valence-electron chi connectivity index (χ0n) is 9.67. The predicted molar refractivity (Wildman–Crippen MR) is 74.3 cm³/mol. The molecule has 2 N–H and O–H groups in total. The number of hydrogen-bond acceptors (Lipinski definition) is 6. The molecule has 0 unspecified atom stereocenters. The predicted octanol–water partition coefficient (Wildman–Crippen LogP) is 3.00. The first-order valence-corrected chi connectivity index (χ1v) is 7.23. The molecule has 0 aromatic carbocycles. The number of nitrogens with one attached hydrogen (secondary N) is 2. The number of thiophene rings is 1. The number of fused-ring (bicyclic) bond motifs is 1. The smallest absolute Gasteiger partial charge is 0.225 e. The lowest BCUT2D eigenvalue weighted by Crippen LogP contribution is -2.02. The summed E-state index contributed by atoms with van der Waals surface area (Å²) < 4.78 is 1.21. The molecule has 0 saturated heterocycles. The Kier molecular flexibility index (Phi) is 3.16. The Balaban J connectivity index is 2.04. The summed E-state index contributed by atoms with van der Waals surface area (Å²) in [7, 11) is 0. The van der Waals surface area contributed by atoms with Crippen LogP contribution in [-0.2, 0) is 0 Å². The third kappa shape index (κ3) is 2.19. The maximum absolute atomic E-state index is 4.53. The molecule has 0 aliphatic rings. The van der Waals surface area contributed by atoms with Crippen LogP contribution in [-0.4, -0.2) is 26.7 Å². The molecule has 7 heteroatoms. The van der Waals surface area contributed by atoms with Crippen LogP contribution < -0.4 is 5.32 Å². The van der Waals surface area contributed by atoms with Crippen LogP contribution in [0.2, 0.25) is 0 Å². The second-order valence-corrected chi connectivity index (χ2v) is 5.79. The molecular formula is C11H11N5S2. The Labute approximate surface area is 112 Å². The quantitative estimate of drug-likeness (QED) is 0.718. The lowest BCUT2D eigenvalue weighted by molar-refractivity contribution is 1.04. The molecule has 3 rings (SSSR count). The number of aromatic amines is 1. The first-order valence-electron chi connectivity index (χ1n) is 5.53. The van der Waals surface area contributed by atoms with Crippen molar-refractivity contribution in [1.29, 1.82) is 0 Å². The van der Waals surface area contributed by atoms with E-state index in [9.17, 15) is 0 Å². The fraction of sp³-hybridized carbons (Fsp3) is 0.182. The van der Waals surface area contributed by atoms with Gasteiger partial charge in [-0.05, 0) is 18.4 Å². The lowest BCUT2D eigenvalue weighted by Gasteiger charge is -2.04. The van der Waals surface area contributed by atoms with Gasteiger partial charge >= 0.3 is 0 Å². The van der Waals surface area contributed by atoms with Crippen LogP contribution in [0.15, 0.2) is 32.9 Å². The Morgan fingerprint density at radius 2 is 2.39 bits per heavy atom. The van der Waals surface area contributed by atoms with E-state index in [2.05, 4.69) is 36.9 Å². The molecule has 0 fully saturated rings. The van der Waals surface area contributed by atoms with Crippen molar-refractivity contribution in [3.63, 3.8) is 0 Å². The molecule has 5 nitrogen and oxygen atoms in total. The monoisotopic (exact) mass is 277 g/mol. The minimum atomic E-state index is 0.633. The van der Waals surface area contributed by atoms with Crippen LogP contribution in [0.25, 0.3) is 11.0 Å². The van der Waals surface area contributed by atoms with Gasteiger partial charge in [-0.15, -0.1) is 11.3 Å². The highest BCUT2D eigenvalue weighted by molar-refractivity contribution is 8.01. The van der Waals surface area contributed by atoms with Gasteiger partial charge in [-0.3, -0.25) is 5.10 Å². The highest BCUT2D eigenvalue weighted by atomic mass is 32.2. The normalized spacial score (nSPS) is 10.9. The molecule has 3 aromatic heterocycles. The van der Waals surface area contributed by atoms with E-state index in [1.807, 2.05) is 13.0 Å². The fourth-order valence-electron chi connectivity index (χ4n) is 1.54. The van der Waals surface area contributed by atoms with Crippen LogP contribution in [0.3, 0.4) is 0 Å². The summed E-state index contributed by atoms with van der Waals surface area (Å²) in [6.45, 7) is 2.81. The summed E-state index contributed by atoms with van der Waals surface area (Å²) in [6.07, 6.45) is 1.76. The standard InChI is InChI=1S/C11H11N5S2/c1-2-12-11-14-9-7(6-13-16-9)10(15-11)18-8-4-3-5-17-8/h3-6H,2H2,1H3,(H2,12,13,14,15,16). The summed E-state index contributed by atoms with van der Waals surface area (Å²) in [4.78, 5) is 8.89. The average Bonchev–Trinajstić information content (AvgIpc) is 2.99. The van der Waals surface area contributed by atoms with Crippen LogP contribution in [0.1, 0.15) is 6.92 Å². The molecule has 0 amide bonds. The third-order valence-electron chi connectivity index (χ3n) is 2.30. The van der Waals surface area contributed by atoms with Crippen LogP contribution in [0.5, 0.6) is 0 Å². The molecule has 0 radical (unpaired) electrons. The van der Waals surface area contributed by atoms with Gasteiger partial charge in [0.05, 0.1) is 15.8 Å². The van der Waals surface area contributed by atoms with Gasteiger partial charge in [-0.25, -0.2) is 4.98 Å². The van der Waals surface area contributed by atoms with Gasteiger partial charge in [-0.1, -0.05) is 17.8 Å². The third-order valence-corrected chi connectivity index (χ3v) is 4.34. The van der Waals surface area contributed by atoms with Crippen LogP contribution in [0, 0.1) is 0 Å². The van der Waals surface area contributed by atoms with Crippen molar-refractivity contribution in [2.75, 3.05) is 11.9 Å². The highest BCUT2D eigenvalue weighted by Crippen LogP contribution is 2.34. The molecule has 3 heterocycles. The number of aromatic nitrogens is 4. The van der Waals surface area contributed by atoms with Gasteiger partial charge in [-0.2, -0.15) is 10.1 Å². The molecule has 0 spiro atoms. The fourth-order valence-corrected chi connectivity index (χ4v) is 3.31. The number of nitrogens with zero attached hydrogens (tertiary/aromatic N) is 3. The summed E-state index contributed by atoms with van der Waals surface area (Å²) in [6, 6.07) is 4.11. The first-order chi connectivity index (χ1) is 8.86. The Morgan fingerprint density at radius 3 is 3.17 bits per heavy atom. The van der Waals surface area contributed by atoms with Crippen molar-refractivity contribution in [3.05, 3.63) is 23.7 Å². The number of hydrogen-bond donors (Lipinski definition) is 2. The van der Waals surface area contributed by atoms with E-state index in [1.165, 1.54) is 4.21 Å². The molecule has 0 aliphatic carbocycles. The Hall–Kier alpha value is -1.60. The zero-order valence-corrected chi connectivity index (χ0v) is 11.3. The van der Waals surface area contributed by atoms with Crippen LogP contribution in [0.4, 0.5) is 5.95 Å². The Morgan fingerprint density at radius 1 is 1.44 bits per heavy atom. The van der Waals surface area contributed by atoms with Crippen molar-refractivity contribution in [2.24, 2.45) is 0 Å². The van der Waals surface area contributed by atoms with E-state index < -0.39 is 0 Å². The summed E-state index contributed by atoms with van der Waals surface area (Å²) in [5.74, 6) is 0.633. The molecular weight excluding hydrogens is 266 g/mol. The number of H-pyrrole nitrogens is 1. The molecule has 0 saturated carbocycles. The SMILES string of the molecule is CCNc1nc(Sc2cccs2)c2cn[nH]c2n1. The van der Waals surface area contributed by atoms with Crippen molar-refractivity contribution in [1.82, 2.24) is 20.2 Å². The Bertz CT molecular complexity index is 647. The van der Waals surface area contributed by atoms with Gasteiger partial charge < -0.3 is 5.32 Å². The van der Waals surface area contributed by atoms with Crippen molar-refractivity contribution < 1.29 is 0 Å². The number of rotatable bonds is 4. The molecule has 92 valence electrons. The van der Waals surface area contributed by atoms with E-state index >= 15 is 0 Å². The van der Waals surface area contributed by atoms with Crippen molar-refractivity contribution in [2.45, 2.75) is 16.2 Å². The van der Waals surface area contributed by atoms with Gasteiger partial charge in [0.25, 0.3) is 0 Å². The van der Waals surface area contributed by atoms with E-state index in [0.717, 1.165) is 22.6 Å². The second kappa shape index (κ2) is 4.95. The maximum atomic E-state index is 4.53. The van der Waals surface area contributed by atoms with Gasteiger partial charge in [0.2, 0.25) is 5.95 Å². The zero-order chi connectivity index (χ0) is 12.4. The summed E-state index contributed by atoms with van der Waals surface area (Å²) in [5, 5.41) is 14.0.